The molecule has 4 heteroatoms. The molecule has 0 aliphatic carbocycles. The largest absolute Gasteiger partial charge is 0.383 e. The van der Waals surface area contributed by atoms with Gasteiger partial charge in [0.1, 0.15) is 0 Å². The first-order valence-electron chi connectivity index (χ1n) is 3.66. The van der Waals surface area contributed by atoms with E-state index in [-0.39, 0.29) is 0 Å². The summed E-state index contributed by atoms with van der Waals surface area (Å²) in [5, 5.41) is 10.2. The van der Waals surface area contributed by atoms with Gasteiger partial charge in [-0.2, -0.15) is 5.10 Å². The number of methoxy groups -OCH3 is 1. The van der Waals surface area contributed by atoms with Crippen LogP contribution in [0.25, 0.3) is 0 Å². The Morgan fingerprint density at radius 3 is 3.55 bits per heavy atom. The van der Waals surface area contributed by atoms with E-state index in [1.54, 1.807) is 7.11 Å². The van der Waals surface area contributed by atoms with Gasteiger partial charge in [-0.15, -0.1) is 0 Å². The van der Waals surface area contributed by atoms with Gasteiger partial charge in [0.25, 0.3) is 0 Å². The van der Waals surface area contributed by atoms with Crippen molar-refractivity contribution in [2.45, 2.75) is 12.6 Å². The SMILES string of the molecule is COC[C@H]1NCc2[nH]ncc21. The molecule has 1 atom stereocenters. The van der Waals surface area contributed by atoms with Gasteiger partial charge in [-0.05, 0) is 0 Å². The molecule has 1 aromatic heterocycles. The number of ether oxygens (including phenoxy) is 1. The molecule has 0 saturated carbocycles. The number of aromatic nitrogens is 2. The second kappa shape index (κ2) is 2.64. The van der Waals surface area contributed by atoms with Crippen molar-refractivity contribution < 1.29 is 4.74 Å². The van der Waals surface area contributed by atoms with E-state index in [0.717, 1.165) is 6.54 Å². The summed E-state index contributed by atoms with van der Waals surface area (Å²) in [4.78, 5) is 0. The van der Waals surface area contributed by atoms with Gasteiger partial charge in [0.15, 0.2) is 0 Å². The molecule has 4 nitrogen and oxygen atoms in total. The van der Waals surface area contributed by atoms with Crippen LogP contribution in [0.5, 0.6) is 0 Å². The molecule has 2 rings (SSSR count). The number of nitrogens with one attached hydrogen (secondary N) is 2. The number of nitrogens with zero attached hydrogens (tertiary/aromatic N) is 1. The van der Waals surface area contributed by atoms with E-state index < -0.39 is 0 Å². The van der Waals surface area contributed by atoms with Gasteiger partial charge in [0.05, 0.1) is 24.5 Å². The molecule has 0 aromatic carbocycles. The Kier molecular flexibility index (Phi) is 1.63. The van der Waals surface area contributed by atoms with Crippen LogP contribution in [0.15, 0.2) is 6.20 Å². The Labute approximate surface area is 64.9 Å². The molecule has 0 spiro atoms. The average Bonchev–Trinajstić information content (AvgIpc) is 2.53. The minimum atomic E-state index is 0.328. The van der Waals surface area contributed by atoms with Gasteiger partial charge >= 0.3 is 0 Å². The minimum Gasteiger partial charge on any atom is -0.383 e. The van der Waals surface area contributed by atoms with Crippen LogP contribution in [0.2, 0.25) is 0 Å². The van der Waals surface area contributed by atoms with Gasteiger partial charge < -0.3 is 10.1 Å². The summed E-state index contributed by atoms with van der Waals surface area (Å²) in [6.45, 7) is 1.59. The highest BCUT2D eigenvalue weighted by Crippen LogP contribution is 2.22. The standard InChI is InChI=1S/C7H11N3O/c1-11-4-7-5-2-9-10-6(5)3-8-7/h2,7-8H,3-4H2,1H3,(H,9,10)/t7-/m1/s1. The maximum absolute atomic E-state index is 5.05. The molecule has 0 saturated heterocycles. The smallest absolute Gasteiger partial charge is 0.0659 e. The molecular formula is C7H11N3O. The van der Waals surface area contributed by atoms with Crippen molar-refractivity contribution in [1.29, 1.82) is 0 Å². The molecule has 1 aliphatic heterocycles. The van der Waals surface area contributed by atoms with E-state index in [9.17, 15) is 0 Å². The lowest BCUT2D eigenvalue weighted by atomic mass is 10.2. The minimum absolute atomic E-state index is 0.328. The zero-order valence-corrected chi connectivity index (χ0v) is 6.42. The molecule has 0 fully saturated rings. The number of hydrogen-bond acceptors (Lipinski definition) is 3. The van der Waals surface area contributed by atoms with Crippen LogP contribution in [0, 0.1) is 0 Å². The summed E-state index contributed by atoms with van der Waals surface area (Å²) < 4.78 is 5.05. The van der Waals surface area contributed by atoms with Crippen molar-refractivity contribution in [3.05, 3.63) is 17.5 Å². The predicted molar refractivity (Wildman–Crippen MR) is 40.0 cm³/mol. The third kappa shape index (κ3) is 1.04. The summed E-state index contributed by atoms with van der Waals surface area (Å²) in [5.74, 6) is 0. The quantitative estimate of drug-likeness (QED) is 0.638. The van der Waals surface area contributed by atoms with Gasteiger partial charge in [0, 0.05) is 19.2 Å². The van der Waals surface area contributed by atoms with Crippen molar-refractivity contribution >= 4 is 0 Å². The molecule has 60 valence electrons. The van der Waals surface area contributed by atoms with Crippen molar-refractivity contribution in [2.75, 3.05) is 13.7 Å². The number of H-pyrrole nitrogens is 1. The molecule has 11 heavy (non-hydrogen) atoms. The zero-order valence-electron chi connectivity index (χ0n) is 6.42. The Bertz CT molecular complexity index is 246. The highest BCUT2D eigenvalue weighted by Gasteiger charge is 2.22. The lowest BCUT2D eigenvalue weighted by molar-refractivity contribution is 0.171. The summed E-state index contributed by atoms with van der Waals surface area (Å²) >= 11 is 0. The highest BCUT2D eigenvalue weighted by atomic mass is 16.5. The normalized spacial score (nSPS) is 22.1. The molecular weight excluding hydrogens is 142 g/mol. The summed E-state index contributed by atoms with van der Waals surface area (Å²) in [7, 11) is 1.71. The first-order chi connectivity index (χ1) is 5.42. The van der Waals surface area contributed by atoms with E-state index in [2.05, 4.69) is 15.5 Å². The summed E-state index contributed by atoms with van der Waals surface area (Å²) in [5.41, 5.74) is 2.43. The fourth-order valence-corrected chi connectivity index (χ4v) is 1.41. The van der Waals surface area contributed by atoms with Crippen LogP contribution >= 0.6 is 0 Å². The molecule has 0 bridgehead atoms. The van der Waals surface area contributed by atoms with Crippen molar-refractivity contribution in [1.82, 2.24) is 15.5 Å². The van der Waals surface area contributed by atoms with Gasteiger partial charge in [-0.25, -0.2) is 0 Å². The maximum atomic E-state index is 5.05. The molecule has 0 radical (unpaired) electrons. The maximum Gasteiger partial charge on any atom is 0.0659 e. The van der Waals surface area contributed by atoms with E-state index in [0.29, 0.717) is 12.6 Å². The Balaban J connectivity index is 2.18. The molecule has 0 amide bonds. The Morgan fingerprint density at radius 1 is 1.82 bits per heavy atom. The fraction of sp³-hybridized carbons (Fsp3) is 0.571. The number of aromatic amines is 1. The van der Waals surface area contributed by atoms with E-state index >= 15 is 0 Å². The van der Waals surface area contributed by atoms with Crippen LogP contribution in [-0.2, 0) is 11.3 Å². The van der Waals surface area contributed by atoms with Crippen LogP contribution in [0.3, 0.4) is 0 Å². The summed E-state index contributed by atoms with van der Waals surface area (Å²) in [6.07, 6.45) is 1.86. The third-order valence-corrected chi connectivity index (χ3v) is 1.99. The topological polar surface area (TPSA) is 49.9 Å². The molecule has 0 unspecified atom stereocenters. The number of rotatable bonds is 2. The molecule has 2 heterocycles. The second-order valence-electron chi connectivity index (χ2n) is 2.69. The van der Waals surface area contributed by atoms with Crippen LogP contribution in [0.4, 0.5) is 0 Å². The van der Waals surface area contributed by atoms with Crippen molar-refractivity contribution in [3.8, 4) is 0 Å². The van der Waals surface area contributed by atoms with Gasteiger partial charge in [-0.1, -0.05) is 0 Å². The van der Waals surface area contributed by atoms with Gasteiger partial charge in [0.2, 0.25) is 0 Å². The zero-order chi connectivity index (χ0) is 7.68. The number of fused-ring (bicyclic) bond motifs is 1. The fourth-order valence-electron chi connectivity index (χ4n) is 1.41. The van der Waals surface area contributed by atoms with Crippen LogP contribution < -0.4 is 5.32 Å². The van der Waals surface area contributed by atoms with E-state index in [1.165, 1.54) is 11.3 Å². The van der Waals surface area contributed by atoms with Crippen molar-refractivity contribution in [3.63, 3.8) is 0 Å². The Hall–Kier alpha value is -0.870. The van der Waals surface area contributed by atoms with E-state index in [4.69, 9.17) is 4.74 Å². The molecule has 1 aromatic rings. The second-order valence-corrected chi connectivity index (χ2v) is 2.69. The number of hydrogen-bond donors (Lipinski definition) is 2. The van der Waals surface area contributed by atoms with Crippen molar-refractivity contribution in [2.24, 2.45) is 0 Å². The summed E-state index contributed by atoms with van der Waals surface area (Å²) in [6, 6.07) is 0.328. The average molecular weight is 153 g/mol. The third-order valence-electron chi connectivity index (χ3n) is 1.99. The monoisotopic (exact) mass is 153 g/mol. The van der Waals surface area contributed by atoms with Crippen LogP contribution in [0.1, 0.15) is 17.3 Å². The first kappa shape index (κ1) is 6.82. The lowest BCUT2D eigenvalue weighted by Gasteiger charge is -2.07. The Morgan fingerprint density at radius 2 is 2.73 bits per heavy atom. The highest BCUT2D eigenvalue weighted by molar-refractivity contribution is 5.25. The van der Waals surface area contributed by atoms with Crippen LogP contribution in [-0.4, -0.2) is 23.9 Å². The lowest BCUT2D eigenvalue weighted by Crippen LogP contribution is -2.17. The molecule has 1 aliphatic rings. The van der Waals surface area contributed by atoms with E-state index in [1.807, 2.05) is 6.20 Å². The predicted octanol–water partition coefficient (Wildman–Crippen LogP) is 0.200. The molecule has 2 N–H and O–H groups in total. The van der Waals surface area contributed by atoms with Gasteiger partial charge in [-0.3, -0.25) is 5.10 Å². The first-order valence-corrected chi connectivity index (χ1v) is 3.66.